The van der Waals surface area contributed by atoms with E-state index in [1.807, 2.05) is 31.2 Å². The Balaban J connectivity index is 1.66. The fraction of sp³-hybridized carbons (Fsp3) is 0.562. The molecule has 0 radical (unpaired) electrons. The molecule has 1 aliphatic heterocycles. The summed E-state index contributed by atoms with van der Waals surface area (Å²) in [6.07, 6.45) is 1.47. The van der Waals surface area contributed by atoms with Crippen molar-refractivity contribution in [2.24, 2.45) is 5.92 Å². The number of ether oxygens (including phenoxy) is 2. The first-order chi connectivity index (χ1) is 10.2. The predicted molar refractivity (Wildman–Crippen MR) is 79.9 cm³/mol. The smallest absolute Gasteiger partial charge is 0.306 e. The molecule has 5 nitrogen and oxygen atoms in total. The minimum atomic E-state index is -0.666. The maximum absolute atomic E-state index is 10.9. The van der Waals surface area contributed by atoms with Crippen molar-refractivity contribution < 1.29 is 19.4 Å². The van der Waals surface area contributed by atoms with Crippen molar-refractivity contribution in [1.29, 1.82) is 0 Å². The fourth-order valence-electron chi connectivity index (χ4n) is 2.49. The number of rotatable bonds is 7. The van der Waals surface area contributed by atoms with Gasteiger partial charge in [0.15, 0.2) is 0 Å². The number of hydrogen-bond donors (Lipinski definition) is 1. The monoisotopic (exact) mass is 293 g/mol. The molecule has 1 aliphatic rings. The van der Waals surface area contributed by atoms with Crippen molar-refractivity contribution in [3.05, 3.63) is 24.3 Å². The van der Waals surface area contributed by atoms with Crippen molar-refractivity contribution in [2.45, 2.75) is 19.8 Å². The predicted octanol–water partition coefficient (Wildman–Crippen LogP) is 2.26. The van der Waals surface area contributed by atoms with Crippen LogP contribution in [0.15, 0.2) is 24.3 Å². The lowest BCUT2D eigenvalue weighted by molar-refractivity contribution is -0.143. The minimum Gasteiger partial charge on any atom is -0.494 e. The van der Waals surface area contributed by atoms with E-state index in [1.165, 1.54) is 0 Å². The van der Waals surface area contributed by atoms with E-state index in [-0.39, 0.29) is 5.92 Å². The molecular formula is C16H23NO4. The highest BCUT2D eigenvalue weighted by Crippen LogP contribution is 2.19. The van der Waals surface area contributed by atoms with Gasteiger partial charge in [0.25, 0.3) is 0 Å². The fourth-order valence-corrected chi connectivity index (χ4v) is 2.49. The Labute approximate surface area is 125 Å². The molecule has 0 spiro atoms. The summed E-state index contributed by atoms with van der Waals surface area (Å²) < 4.78 is 11.1. The SMILES string of the molecule is CCOc1ccc(OCCN2CCC(C(=O)O)CC2)cc1. The minimum absolute atomic E-state index is 0.173. The van der Waals surface area contributed by atoms with Gasteiger partial charge >= 0.3 is 5.97 Å². The number of hydrogen-bond acceptors (Lipinski definition) is 4. The number of benzene rings is 1. The van der Waals surface area contributed by atoms with Gasteiger partial charge in [0.2, 0.25) is 0 Å². The summed E-state index contributed by atoms with van der Waals surface area (Å²) in [7, 11) is 0. The quantitative estimate of drug-likeness (QED) is 0.835. The Morgan fingerprint density at radius 2 is 1.76 bits per heavy atom. The summed E-state index contributed by atoms with van der Waals surface area (Å²) in [6, 6.07) is 7.61. The Morgan fingerprint density at radius 1 is 1.19 bits per heavy atom. The highest BCUT2D eigenvalue weighted by molar-refractivity contribution is 5.70. The summed E-state index contributed by atoms with van der Waals surface area (Å²) >= 11 is 0. The molecule has 1 saturated heterocycles. The van der Waals surface area contributed by atoms with Gasteiger partial charge in [0.1, 0.15) is 18.1 Å². The summed E-state index contributed by atoms with van der Waals surface area (Å²) in [6.45, 7) is 5.74. The normalized spacial score (nSPS) is 16.6. The number of piperidine rings is 1. The number of aliphatic carboxylic acids is 1. The zero-order valence-electron chi connectivity index (χ0n) is 12.5. The van der Waals surface area contributed by atoms with Gasteiger partial charge in [0, 0.05) is 6.54 Å². The van der Waals surface area contributed by atoms with E-state index in [9.17, 15) is 4.79 Å². The van der Waals surface area contributed by atoms with E-state index in [0.717, 1.165) is 44.0 Å². The number of likely N-dealkylation sites (tertiary alicyclic amines) is 1. The van der Waals surface area contributed by atoms with Crippen LogP contribution in [-0.4, -0.2) is 48.8 Å². The van der Waals surface area contributed by atoms with Gasteiger partial charge < -0.3 is 14.6 Å². The average Bonchev–Trinajstić information content (AvgIpc) is 2.50. The Morgan fingerprint density at radius 3 is 2.29 bits per heavy atom. The van der Waals surface area contributed by atoms with Gasteiger partial charge in [-0.2, -0.15) is 0 Å². The van der Waals surface area contributed by atoms with Gasteiger partial charge in [0.05, 0.1) is 12.5 Å². The van der Waals surface area contributed by atoms with Crippen molar-refractivity contribution in [3.8, 4) is 11.5 Å². The summed E-state index contributed by atoms with van der Waals surface area (Å²) in [5.74, 6) is 0.841. The molecule has 0 aromatic heterocycles. The maximum atomic E-state index is 10.9. The molecule has 1 fully saturated rings. The van der Waals surface area contributed by atoms with Gasteiger partial charge in [-0.1, -0.05) is 0 Å². The Kier molecular flexibility index (Phi) is 5.87. The van der Waals surface area contributed by atoms with Crippen LogP contribution in [0.4, 0.5) is 0 Å². The summed E-state index contributed by atoms with van der Waals surface area (Å²) in [5, 5.41) is 8.96. The van der Waals surface area contributed by atoms with Gasteiger partial charge in [-0.05, 0) is 57.1 Å². The highest BCUT2D eigenvalue weighted by Gasteiger charge is 2.23. The molecule has 116 valence electrons. The van der Waals surface area contributed by atoms with Crippen LogP contribution in [0, 0.1) is 5.92 Å². The molecule has 0 amide bonds. The molecule has 1 N–H and O–H groups in total. The molecule has 5 heteroatoms. The van der Waals surface area contributed by atoms with Gasteiger partial charge in [-0.25, -0.2) is 0 Å². The Bertz CT molecular complexity index is 438. The first-order valence-electron chi connectivity index (χ1n) is 7.50. The molecule has 2 rings (SSSR count). The van der Waals surface area contributed by atoms with E-state index in [0.29, 0.717) is 13.2 Å². The summed E-state index contributed by atoms with van der Waals surface area (Å²) in [5.41, 5.74) is 0. The van der Waals surface area contributed by atoms with Crippen LogP contribution >= 0.6 is 0 Å². The molecule has 0 saturated carbocycles. The molecule has 0 unspecified atom stereocenters. The number of carbonyl (C=O) groups is 1. The molecular weight excluding hydrogens is 270 g/mol. The lowest BCUT2D eigenvalue weighted by atomic mass is 9.97. The van der Waals surface area contributed by atoms with Crippen LogP contribution in [0.3, 0.4) is 0 Å². The summed E-state index contributed by atoms with van der Waals surface area (Å²) in [4.78, 5) is 13.1. The van der Waals surface area contributed by atoms with Crippen LogP contribution in [-0.2, 0) is 4.79 Å². The zero-order valence-corrected chi connectivity index (χ0v) is 12.5. The van der Waals surface area contributed by atoms with E-state index < -0.39 is 5.97 Å². The standard InChI is InChI=1S/C16H23NO4/c1-2-20-14-3-5-15(6-4-14)21-12-11-17-9-7-13(8-10-17)16(18)19/h3-6,13H,2,7-12H2,1H3,(H,18,19). The third-order valence-corrected chi connectivity index (χ3v) is 3.75. The number of nitrogens with zero attached hydrogens (tertiary/aromatic N) is 1. The van der Waals surface area contributed by atoms with Crippen molar-refractivity contribution >= 4 is 5.97 Å². The lowest BCUT2D eigenvalue weighted by Gasteiger charge is -2.29. The Hall–Kier alpha value is -1.75. The van der Waals surface area contributed by atoms with Crippen LogP contribution in [0.1, 0.15) is 19.8 Å². The van der Waals surface area contributed by atoms with Gasteiger partial charge in [-0.3, -0.25) is 9.69 Å². The third kappa shape index (κ3) is 4.93. The van der Waals surface area contributed by atoms with E-state index >= 15 is 0 Å². The second kappa shape index (κ2) is 7.88. The second-order valence-electron chi connectivity index (χ2n) is 5.21. The van der Waals surface area contributed by atoms with Gasteiger partial charge in [-0.15, -0.1) is 0 Å². The van der Waals surface area contributed by atoms with Crippen molar-refractivity contribution in [1.82, 2.24) is 4.90 Å². The molecule has 21 heavy (non-hydrogen) atoms. The van der Waals surface area contributed by atoms with Crippen molar-refractivity contribution in [2.75, 3.05) is 32.8 Å². The molecule has 1 aromatic carbocycles. The zero-order chi connectivity index (χ0) is 15.1. The largest absolute Gasteiger partial charge is 0.494 e. The molecule has 0 aliphatic carbocycles. The second-order valence-corrected chi connectivity index (χ2v) is 5.21. The molecule has 0 atom stereocenters. The lowest BCUT2D eigenvalue weighted by Crippen LogP contribution is -2.38. The highest BCUT2D eigenvalue weighted by atomic mass is 16.5. The van der Waals surface area contributed by atoms with E-state index in [1.54, 1.807) is 0 Å². The topological polar surface area (TPSA) is 59.0 Å². The van der Waals surface area contributed by atoms with Crippen LogP contribution < -0.4 is 9.47 Å². The van der Waals surface area contributed by atoms with E-state index in [4.69, 9.17) is 14.6 Å². The van der Waals surface area contributed by atoms with Crippen LogP contribution in [0.25, 0.3) is 0 Å². The van der Waals surface area contributed by atoms with Crippen molar-refractivity contribution in [3.63, 3.8) is 0 Å². The molecule has 1 aromatic rings. The van der Waals surface area contributed by atoms with Crippen LogP contribution in [0.5, 0.6) is 11.5 Å². The first kappa shape index (κ1) is 15.6. The first-order valence-corrected chi connectivity index (χ1v) is 7.50. The average molecular weight is 293 g/mol. The number of carboxylic acid groups (broad SMARTS) is 1. The molecule has 1 heterocycles. The molecule has 0 bridgehead atoms. The number of carboxylic acids is 1. The van der Waals surface area contributed by atoms with E-state index in [2.05, 4.69) is 4.90 Å². The third-order valence-electron chi connectivity index (χ3n) is 3.75. The maximum Gasteiger partial charge on any atom is 0.306 e. The van der Waals surface area contributed by atoms with Crippen LogP contribution in [0.2, 0.25) is 0 Å².